The van der Waals surface area contributed by atoms with Gasteiger partial charge in [0.1, 0.15) is 28.9 Å². The van der Waals surface area contributed by atoms with Crippen LogP contribution < -0.4 is 0 Å². The highest BCUT2D eigenvalue weighted by Crippen LogP contribution is 2.44. The number of likely N-dealkylation sites (tertiary alicyclic amines) is 1. The smallest absolute Gasteiger partial charge is 0.185 e. The Morgan fingerprint density at radius 1 is 1.05 bits per heavy atom. The Morgan fingerprint density at radius 3 is 2.42 bits per heavy atom. The predicted octanol–water partition coefficient (Wildman–Crippen LogP) is 7.31. The zero-order valence-corrected chi connectivity index (χ0v) is 25.3. The summed E-state index contributed by atoms with van der Waals surface area (Å²) in [6, 6.07) is 8.91. The van der Waals surface area contributed by atoms with Crippen molar-refractivity contribution in [3.8, 4) is 11.3 Å². The second-order valence-electron chi connectivity index (χ2n) is 13.3. The molecule has 0 amide bonds. The fourth-order valence-electron chi connectivity index (χ4n) is 6.69. The molecule has 0 radical (unpaired) electrons. The van der Waals surface area contributed by atoms with Crippen LogP contribution in [0.15, 0.2) is 47.0 Å². The quantitative estimate of drug-likeness (QED) is 0.241. The second-order valence-corrected chi connectivity index (χ2v) is 13.8. The van der Waals surface area contributed by atoms with Crippen LogP contribution in [0.4, 0.5) is 13.2 Å². The number of halogens is 4. The van der Waals surface area contributed by atoms with Crippen molar-refractivity contribution in [1.82, 2.24) is 10.1 Å². The van der Waals surface area contributed by atoms with E-state index in [0.29, 0.717) is 36.5 Å². The maximum atomic E-state index is 14.7. The highest BCUT2D eigenvalue weighted by molar-refractivity contribution is 6.30. The molecule has 1 saturated heterocycles. The Labute approximate surface area is 254 Å². The molecule has 0 atom stereocenters. The van der Waals surface area contributed by atoms with E-state index >= 15 is 0 Å². The lowest BCUT2D eigenvalue weighted by Crippen LogP contribution is -2.62. The number of Topliss-reactive ketones (excluding diaryl/α,β-unsaturated/α-hetero) is 2. The van der Waals surface area contributed by atoms with Gasteiger partial charge in [0.05, 0.1) is 11.2 Å². The molecule has 2 fully saturated rings. The minimum atomic E-state index is -0.836. The Hall–Kier alpha value is -3.01. The molecule has 1 saturated carbocycles. The number of aromatic nitrogens is 1. The standard InChI is InChI=1S/C33H36ClF3N2O4/c1-31(2,25-12-20(34)4-7-26(25)36)15-23(40)16-33(18-39(19-33)22-8-10-32(3,42)11-9-22)17-29(41)28-14-30(43-38-28)24-6-5-21(35)13-27(24)37/h4-7,12-14,22,42H,8-11,15-19H2,1-3H3. The van der Waals surface area contributed by atoms with Crippen LogP contribution in [0.1, 0.15) is 81.8 Å². The van der Waals surface area contributed by atoms with Crippen molar-refractivity contribution in [3.63, 3.8) is 0 Å². The number of carbonyl (C=O) groups is 2. The fraction of sp³-hybridized carbons (Fsp3) is 0.485. The van der Waals surface area contributed by atoms with Gasteiger partial charge < -0.3 is 9.63 Å². The highest BCUT2D eigenvalue weighted by Gasteiger charge is 2.49. The SMILES string of the molecule is CC1(O)CCC(N2CC(CC(=O)CC(C)(C)c3cc(Cl)ccc3F)(CC(=O)c3cc(-c4ccc(F)cc4F)on3)C2)CC1. The summed E-state index contributed by atoms with van der Waals surface area (Å²) in [7, 11) is 0. The molecule has 0 unspecified atom stereocenters. The lowest BCUT2D eigenvalue weighted by Gasteiger charge is -2.55. The number of ketones is 2. The largest absolute Gasteiger partial charge is 0.390 e. The molecule has 3 aromatic rings. The van der Waals surface area contributed by atoms with Gasteiger partial charge in [-0.2, -0.15) is 0 Å². The summed E-state index contributed by atoms with van der Waals surface area (Å²) in [4.78, 5) is 29.3. The van der Waals surface area contributed by atoms with E-state index in [9.17, 15) is 27.9 Å². The van der Waals surface area contributed by atoms with Gasteiger partial charge in [0.15, 0.2) is 11.5 Å². The number of hydrogen-bond donors (Lipinski definition) is 1. The van der Waals surface area contributed by atoms with Crippen molar-refractivity contribution >= 4 is 23.2 Å². The van der Waals surface area contributed by atoms with Gasteiger partial charge in [-0.05, 0) is 73.9 Å². The molecule has 1 aliphatic heterocycles. The number of aliphatic hydroxyl groups is 1. The van der Waals surface area contributed by atoms with Crippen molar-refractivity contribution in [1.29, 1.82) is 0 Å². The normalized spacial score (nSPS) is 22.3. The van der Waals surface area contributed by atoms with E-state index in [2.05, 4.69) is 10.1 Å². The maximum absolute atomic E-state index is 14.7. The molecule has 1 N–H and O–H groups in total. The molecule has 2 heterocycles. The van der Waals surface area contributed by atoms with Crippen molar-refractivity contribution in [2.45, 2.75) is 82.8 Å². The Morgan fingerprint density at radius 2 is 1.74 bits per heavy atom. The molecular formula is C33H36ClF3N2O4. The van der Waals surface area contributed by atoms with Crippen molar-refractivity contribution < 1.29 is 32.4 Å². The van der Waals surface area contributed by atoms with Crippen LogP contribution in [0.2, 0.25) is 5.02 Å². The number of nitrogens with zero attached hydrogens (tertiary/aromatic N) is 2. The molecule has 2 aliphatic rings. The number of rotatable bonds is 10. The van der Waals surface area contributed by atoms with E-state index in [1.165, 1.54) is 24.3 Å². The molecule has 43 heavy (non-hydrogen) atoms. The zero-order valence-electron chi connectivity index (χ0n) is 24.6. The third-order valence-corrected chi connectivity index (χ3v) is 9.26. The van der Waals surface area contributed by atoms with E-state index in [1.54, 1.807) is 19.9 Å². The molecule has 2 aromatic carbocycles. The fourth-order valence-corrected chi connectivity index (χ4v) is 6.86. The lowest BCUT2D eigenvalue weighted by atomic mass is 9.68. The molecule has 1 aliphatic carbocycles. The molecule has 6 nitrogen and oxygen atoms in total. The number of hydrogen-bond acceptors (Lipinski definition) is 6. The van der Waals surface area contributed by atoms with Gasteiger partial charge >= 0.3 is 0 Å². The van der Waals surface area contributed by atoms with Crippen LogP contribution in [0.3, 0.4) is 0 Å². The van der Waals surface area contributed by atoms with E-state index in [0.717, 1.165) is 25.0 Å². The minimum Gasteiger partial charge on any atom is -0.390 e. The predicted molar refractivity (Wildman–Crippen MR) is 156 cm³/mol. The van der Waals surface area contributed by atoms with E-state index < -0.39 is 33.9 Å². The van der Waals surface area contributed by atoms with Gasteiger partial charge in [-0.1, -0.05) is 30.6 Å². The summed E-state index contributed by atoms with van der Waals surface area (Å²) < 4.78 is 47.6. The molecule has 0 spiro atoms. The summed E-state index contributed by atoms with van der Waals surface area (Å²) in [6.45, 7) is 6.46. The summed E-state index contributed by atoms with van der Waals surface area (Å²) in [5.74, 6) is -2.46. The molecular weight excluding hydrogens is 581 g/mol. The van der Waals surface area contributed by atoms with Crippen LogP contribution in [-0.4, -0.2) is 51.5 Å². The van der Waals surface area contributed by atoms with Crippen LogP contribution in [0.25, 0.3) is 11.3 Å². The zero-order chi connectivity index (χ0) is 31.2. The Balaban J connectivity index is 1.33. The Kier molecular flexibility index (Phi) is 8.64. The first-order chi connectivity index (χ1) is 20.2. The van der Waals surface area contributed by atoms with Gasteiger partial charge in [0.2, 0.25) is 0 Å². The van der Waals surface area contributed by atoms with Crippen molar-refractivity contribution in [3.05, 3.63) is 76.2 Å². The van der Waals surface area contributed by atoms with E-state index in [1.807, 2.05) is 6.92 Å². The summed E-state index contributed by atoms with van der Waals surface area (Å²) in [5.41, 5.74) is -1.84. The molecule has 10 heteroatoms. The lowest BCUT2D eigenvalue weighted by molar-refractivity contribution is -0.128. The second kappa shape index (κ2) is 11.8. The van der Waals surface area contributed by atoms with Crippen LogP contribution in [0.5, 0.6) is 0 Å². The average molecular weight is 617 g/mol. The third-order valence-electron chi connectivity index (χ3n) is 9.02. The first-order valence-electron chi connectivity index (χ1n) is 14.5. The third kappa shape index (κ3) is 7.05. The van der Waals surface area contributed by atoms with Crippen molar-refractivity contribution in [2.24, 2.45) is 5.41 Å². The summed E-state index contributed by atoms with van der Waals surface area (Å²) in [6.07, 6.45) is 3.19. The van der Waals surface area contributed by atoms with Gasteiger partial charge in [-0.25, -0.2) is 13.2 Å². The first-order valence-corrected chi connectivity index (χ1v) is 14.9. The summed E-state index contributed by atoms with van der Waals surface area (Å²) >= 11 is 6.12. The van der Waals surface area contributed by atoms with E-state index in [-0.39, 0.29) is 53.9 Å². The first kappa shape index (κ1) is 31.4. The number of carbonyl (C=O) groups excluding carboxylic acids is 2. The average Bonchev–Trinajstić information content (AvgIpc) is 3.38. The van der Waals surface area contributed by atoms with E-state index in [4.69, 9.17) is 16.1 Å². The minimum absolute atomic E-state index is 0.000712. The van der Waals surface area contributed by atoms with Gasteiger partial charge in [0, 0.05) is 61.0 Å². The van der Waals surface area contributed by atoms with Crippen LogP contribution in [0, 0.1) is 22.9 Å². The molecule has 0 bridgehead atoms. The maximum Gasteiger partial charge on any atom is 0.185 e. The Bertz CT molecular complexity index is 1520. The molecule has 1 aromatic heterocycles. The summed E-state index contributed by atoms with van der Waals surface area (Å²) in [5, 5.41) is 14.6. The van der Waals surface area contributed by atoms with Gasteiger partial charge in [-0.15, -0.1) is 0 Å². The van der Waals surface area contributed by atoms with Gasteiger partial charge in [-0.3, -0.25) is 14.5 Å². The van der Waals surface area contributed by atoms with Crippen molar-refractivity contribution in [2.75, 3.05) is 13.1 Å². The number of benzene rings is 2. The molecule has 5 rings (SSSR count). The van der Waals surface area contributed by atoms with Gasteiger partial charge in [0.25, 0.3) is 0 Å². The monoisotopic (exact) mass is 616 g/mol. The molecule has 230 valence electrons. The van der Waals surface area contributed by atoms with Crippen LogP contribution in [-0.2, 0) is 10.2 Å². The van der Waals surface area contributed by atoms with Crippen LogP contribution >= 0.6 is 11.6 Å². The highest BCUT2D eigenvalue weighted by atomic mass is 35.5. The topological polar surface area (TPSA) is 83.6 Å².